The number of para-hydroxylation sites is 2. The van der Waals surface area contributed by atoms with E-state index in [1.165, 1.54) is 6.42 Å². The molecule has 1 heterocycles. The molecule has 98 valence electrons. The summed E-state index contributed by atoms with van der Waals surface area (Å²) in [6.45, 7) is 6.17. The number of nitrogens with one attached hydrogen (secondary N) is 1. The minimum atomic E-state index is -0.102. The molecule has 1 fully saturated rings. The van der Waals surface area contributed by atoms with Crippen LogP contribution in [0.25, 0.3) is 0 Å². The summed E-state index contributed by atoms with van der Waals surface area (Å²) in [6.07, 6.45) is 1.17. The van der Waals surface area contributed by atoms with Gasteiger partial charge in [-0.2, -0.15) is 0 Å². The average molecular weight is 247 g/mol. The van der Waals surface area contributed by atoms with E-state index < -0.39 is 0 Å². The van der Waals surface area contributed by atoms with Crippen LogP contribution in [0.5, 0.6) is 0 Å². The van der Waals surface area contributed by atoms with Crippen LogP contribution in [0, 0.1) is 5.92 Å². The number of nitrogens with zero attached hydrogens (tertiary/aromatic N) is 1. The normalized spacial score (nSPS) is 21.8. The fraction of sp³-hybridized carbons (Fsp3) is 0.500. The number of hydrogen-bond acceptors (Lipinski definition) is 3. The van der Waals surface area contributed by atoms with E-state index >= 15 is 0 Å². The molecule has 4 nitrogen and oxygen atoms in total. The van der Waals surface area contributed by atoms with Crippen molar-refractivity contribution in [2.75, 3.05) is 24.1 Å². The molecular formula is C14H21N3O. The number of benzene rings is 1. The van der Waals surface area contributed by atoms with Gasteiger partial charge < -0.3 is 11.1 Å². The molecule has 4 heteroatoms. The molecular weight excluding hydrogens is 226 g/mol. The van der Waals surface area contributed by atoms with Gasteiger partial charge in [-0.25, -0.2) is 0 Å². The second-order valence-electron chi connectivity index (χ2n) is 5.14. The lowest BCUT2D eigenvalue weighted by Gasteiger charge is -2.23. The second kappa shape index (κ2) is 5.40. The average Bonchev–Trinajstić information content (AvgIpc) is 2.78. The lowest BCUT2D eigenvalue weighted by molar-refractivity contribution is -0.120. The Hall–Kier alpha value is -1.55. The number of nitrogens with two attached hydrogens (primary N) is 1. The molecule has 0 saturated carbocycles. The Morgan fingerprint density at radius 1 is 1.50 bits per heavy atom. The van der Waals surface area contributed by atoms with Gasteiger partial charge in [-0.3, -0.25) is 9.69 Å². The number of likely N-dealkylation sites (tertiary alicyclic amines) is 1. The molecule has 1 aliphatic heterocycles. The van der Waals surface area contributed by atoms with Gasteiger partial charge >= 0.3 is 0 Å². The van der Waals surface area contributed by atoms with Crippen LogP contribution in [0.15, 0.2) is 24.3 Å². The standard InChI is InChI=1S/C14H21N3O/c1-10-7-8-17(9-10)11(2)14(18)16-13-6-4-3-5-12(13)15/h3-6,10-11H,7-9,15H2,1-2H3,(H,16,18). The van der Waals surface area contributed by atoms with Crippen LogP contribution < -0.4 is 11.1 Å². The minimum absolute atomic E-state index is 0.0157. The first-order valence-electron chi connectivity index (χ1n) is 6.47. The topological polar surface area (TPSA) is 58.4 Å². The van der Waals surface area contributed by atoms with E-state index in [4.69, 9.17) is 5.73 Å². The molecule has 2 rings (SSSR count). The molecule has 0 aliphatic carbocycles. The number of carbonyl (C=O) groups is 1. The van der Waals surface area contributed by atoms with Crippen molar-refractivity contribution >= 4 is 17.3 Å². The van der Waals surface area contributed by atoms with Crippen molar-refractivity contribution in [3.8, 4) is 0 Å². The summed E-state index contributed by atoms with van der Waals surface area (Å²) in [5.41, 5.74) is 7.12. The van der Waals surface area contributed by atoms with Gasteiger partial charge in [0, 0.05) is 6.54 Å². The van der Waals surface area contributed by atoms with Crippen molar-refractivity contribution in [1.82, 2.24) is 4.90 Å². The summed E-state index contributed by atoms with van der Waals surface area (Å²) in [7, 11) is 0. The van der Waals surface area contributed by atoms with Crippen LogP contribution >= 0.6 is 0 Å². The lowest BCUT2D eigenvalue weighted by atomic mass is 10.2. The smallest absolute Gasteiger partial charge is 0.241 e. The predicted molar refractivity (Wildman–Crippen MR) is 74.3 cm³/mol. The largest absolute Gasteiger partial charge is 0.397 e. The Balaban J connectivity index is 1.98. The highest BCUT2D eigenvalue weighted by Gasteiger charge is 2.27. The molecule has 1 saturated heterocycles. The van der Waals surface area contributed by atoms with Crippen molar-refractivity contribution in [1.29, 1.82) is 0 Å². The van der Waals surface area contributed by atoms with Crippen LogP contribution in [0.2, 0.25) is 0 Å². The van der Waals surface area contributed by atoms with Gasteiger partial charge in [0.1, 0.15) is 0 Å². The lowest BCUT2D eigenvalue weighted by Crippen LogP contribution is -2.40. The molecule has 3 N–H and O–H groups in total. The van der Waals surface area contributed by atoms with Gasteiger partial charge in [-0.05, 0) is 37.9 Å². The first-order chi connectivity index (χ1) is 8.58. The maximum Gasteiger partial charge on any atom is 0.241 e. The highest BCUT2D eigenvalue weighted by Crippen LogP contribution is 2.20. The van der Waals surface area contributed by atoms with E-state index in [0.29, 0.717) is 17.3 Å². The number of amides is 1. The summed E-state index contributed by atoms with van der Waals surface area (Å²) in [5, 5.41) is 2.90. The van der Waals surface area contributed by atoms with E-state index in [2.05, 4.69) is 17.1 Å². The summed E-state index contributed by atoms with van der Waals surface area (Å²) in [6, 6.07) is 7.24. The number of nitrogen functional groups attached to an aromatic ring is 1. The van der Waals surface area contributed by atoms with Gasteiger partial charge in [0.15, 0.2) is 0 Å². The fourth-order valence-corrected chi connectivity index (χ4v) is 2.33. The third-order valence-corrected chi connectivity index (χ3v) is 3.60. The monoisotopic (exact) mass is 247 g/mol. The van der Waals surface area contributed by atoms with Crippen molar-refractivity contribution in [2.45, 2.75) is 26.3 Å². The van der Waals surface area contributed by atoms with Gasteiger partial charge in [0.05, 0.1) is 17.4 Å². The van der Waals surface area contributed by atoms with Gasteiger partial charge in [-0.15, -0.1) is 0 Å². The third-order valence-electron chi connectivity index (χ3n) is 3.60. The van der Waals surface area contributed by atoms with Crippen molar-refractivity contribution in [2.24, 2.45) is 5.92 Å². The highest BCUT2D eigenvalue weighted by molar-refractivity contribution is 5.97. The van der Waals surface area contributed by atoms with Crippen molar-refractivity contribution in [3.63, 3.8) is 0 Å². The van der Waals surface area contributed by atoms with Gasteiger partial charge in [-0.1, -0.05) is 19.1 Å². The number of anilines is 2. The van der Waals surface area contributed by atoms with Crippen LogP contribution in [0.3, 0.4) is 0 Å². The Morgan fingerprint density at radius 2 is 2.22 bits per heavy atom. The molecule has 0 radical (unpaired) electrons. The van der Waals surface area contributed by atoms with E-state index in [-0.39, 0.29) is 11.9 Å². The zero-order valence-electron chi connectivity index (χ0n) is 11.0. The molecule has 2 atom stereocenters. The molecule has 0 bridgehead atoms. The highest BCUT2D eigenvalue weighted by atomic mass is 16.2. The number of carbonyl (C=O) groups excluding carboxylic acids is 1. The van der Waals surface area contributed by atoms with E-state index in [9.17, 15) is 4.79 Å². The van der Waals surface area contributed by atoms with Gasteiger partial charge in [0.25, 0.3) is 0 Å². The van der Waals surface area contributed by atoms with Crippen LogP contribution in [-0.2, 0) is 4.79 Å². The Morgan fingerprint density at radius 3 is 2.83 bits per heavy atom. The van der Waals surface area contributed by atoms with Gasteiger partial charge in [0.2, 0.25) is 5.91 Å². The van der Waals surface area contributed by atoms with Crippen LogP contribution in [0.4, 0.5) is 11.4 Å². The third kappa shape index (κ3) is 2.82. The van der Waals surface area contributed by atoms with Crippen molar-refractivity contribution < 1.29 is 4.79 Å². The molecule has 2 unspecified atom stereocenters. The first-order valence-corrected chi connectivity index (χ1v) is 6.47. The van der Waals surface area contributed by atoms with E-state index in [0.717, 1.165) is 13.1 Å². The van der Waals surface area contributed by atoms with E-state index in [1.807, 2.05) is 25.1 Å². The molecule has 1 aromatic carbocycles. The van der Waals surface area contributed by atoms with Crippen LogP contribution in [-0.4, -0.2) is 29.9 Å². The Kier molecular flexibility index (Phi) is 3.87. The summed E-state index contributed by atoms with van der Waals surface area (Å²) >= 11 is 0. The SMILES string of the molecule is CC1CCN(C(C)C(=O)Nc2ccccc2N)C1. The molecule has 1 aliphatic rings. The fourth-order valence-electron chi connectivity index (χ4n) is 2.33. The molecule has 0 aromatic heterocycles. The maximum atomic E-state index is 12.2. The Labute approximate surface area is 108 Å². The minimum Gasteiger partial charge on any atom is -0.397 e. The molecule has 18 heavy (non-hydrogen) atoms. The quantitative estimate of drug-likeness (QED) is 0.802. The molecule has 1 aromatic rings. The van der Waals surface area contributed by atoms with Crippen LogP contribution in [0.1, 0.15) is 20.3 Å². The number of hydrogen-bond donors (Lipinski definition) is 2. The zero-order valence-corrected chi connectivity index (χ0v) is 11.0. The number of rotatable bonds is 3. The van der Waals surface area contributed by atoms with E-state index in [1.54, 1.807) is 6.07 Å². The second-order valence-corrected chi connectivity index (χ2v) is 5.14. The van der Waals surface area contributed by atoms with Crippen molar-refractivity contribution in [3.05, 3.63) is 24.3 Å². The Bertz CT molecular complexity index is 433. The molecule has 1 amide bonds. The maximum absolute atomic E-state index is 12.2. The summed E-state index contributed by atoms with van der Waals surface area (Å²) < 4.78 is 0. The summed E-state index contributed by atoms with van der Waals surface area (Å²) in [5.74, 6) is 0.698. The zero-order chi connectivity index (χ0) is 13.1. The summed E-state index contributed by atoms with van der Waals surface area (Å²) in [4.78, 5) is 14.4. The predicted octanol–water partition coefficient (Wildman–Crippen LogP) is 1.94. The first kappa shape index (κ1) is 12.9. The molecule has 0 spiro atoms.